The standard InChI is InChI=1S/C20H24O4/c21-19-8-7-18(24-19)11-13-2-5-17(6-3-13)23-20(22)12-16-10-14-1-4-15(16)9-14/h2-3,5-6,14-16,18H,1,4,7-12H2/t14-,15-,16+,18-/m0/s1. The minimum atomic E-state index is -0.106. The molecule has 1 saturated heterocycles. The summed E-state index contributed by atoms with van der Waals surface area (Å²) in [7, 11) is 0. The van der Waals surface area contributed by atoms with Crippen LogP contribution in [0, 0.1) is 17.8 Å². The van der Waals surface area contributed by atoms with Crippen molar-refractivity contribution in [2.75, 3.05) is 0 Å². The van der Waals surface area contributed by atoms with Crippen molar-refractivity contribution in [2.24, 2.45) is 17.8 Å². The molecule has 0 amide bonds. The van der Waals surface area contributed by atoms with Gasteiger partial charge in [-0.15, -0.1) is 0 Å². The summed E-state index contributed by atoms with van der Waals surface area (Å²) in [5.41, 5.74) is 1.10. The summed E-state index contributed by atoms with van der Waals surface area (Å²) in [5.74, 6) is 2.54. The van der Waals surface area contributed by atoms with E-state index >= 15 is 0 Å². The Kier molecular flexibility index (Phi) is 4.30. The molecule has 4 heteroatoms. The summed E-state index contributed by atoms with van der Waals surface area (Å²) in [5, 5.41) is 0. The predicted molar refractivity (Wildman–Crippen MR) is 88.5 cm³/mol. The molecule has 1 aliphatic heterocycles. The zero-order chi connectivity index (χ0) is 16.5. The van der Waals surface area contributed by atoms with Crippen LogP contribution in [0.2, 0.25) is 0 Å². The molecule has 0 aromatic heterocycles. The van der Waals surface area contributed by atoms with Crippen molar-refractivity contribution < 1.29 is 19.1 Å². The van der Waals surface area contributed by atoms with Gasteiger partial charge in [-0.3, -0.25) is 9.59 Å². The smallest absolute Gasteiger partial charge is 0.311 e. The van der Waals surface area contributed by atoms with Crippen LogP contribution >= 0.6 is 0 Å². The second kappa shape index (κ2) is 6.58. The maximum absolute atomic E-state index is 12.2. The molecule has 2 saturated carbocycles. The van der Waals surface area contributed by atoms with E-state index in [1.54, 1.807) is 0 Å². The lowest BCUT2D eigenvalue weighted by atomic mass is 9.86. The topological polar surface area (TPSA) is 52.6 Å². The summed E-state index contributed by atoms with van der Waals surface area (Å²) in [6.45, 7) is 0. The first-order chi connectivity index (χ1) is 11.7. The van der Waals surface area contributed by atoms with Crippen LogP contribution in [-0.4, -0.2) is 18.0 Å². The van der Waals surface area contributed by atoms with Crippen LogP contribution in [0.5, 0.6) is 5.75 Å². The lowest BCUT2D eigenvalue weighted by Crippen LogP contribution is -2.18. The van der Waals surface area contributed by atoms with E-state index in [-0.39, 0.29) is 18.0 Å². The third kappa shape index (κ3) is 3.47. The molecule has 1 aromatic carbocycles. The van der Waals surface area contributed by atoms with Gasteiger partial charge in [-0.25, -0.2) is 0 Å². The van der Waals surface area contributed by atoms with E-state index in [9.17, 15) is 9.59 Å². The Balaban J connectivity index is 1.27. The SMILES string of the molecule is O=C(C[C@H]1C[C@H]2CC[C@H]1C2)Oc1ccc(C[C@@H]2CCC(=O)O2)cc1. The Morgan fingerprint density at radius 2 is 1.96 bits per heavy atom. The number of hydrogen-bond donors (Lipinski definition) is 0. The van der Waals surface area contributed by atoms with Gasteiger partial charge in [-0.05, 0) is 61.1 Å². The van der Waals surface area contributed by atoms with Gasteiger partial charge in [0.25, 0.3) is 0 Å². The normalized spacial score (nSPS) is 31.2. The lowest BCUT2D eigenvalue weighted by Gasteiger charge is -2.20. The molecule has 1 aromatic rings. The summed E-state index contributed by atoms with van der Waals surface area (Å²) in [4.78, 5) is 23.3. The summed E-state index contributed by atoms with van der Waals surface area (Å²) < 4.78 is 10.7. The largest absolute Gasteiger partial charge is 0.462 e. The zero-order valence-electron chi connectivity index (χ0n) is 13.9. The van der Waals surface area contributed by atoms with Crippen LogP contribution in [0.15, 0.2) is 24.3 Å². The highest BCUT2D eigenvalue weighted by molar-refractivity contribution is 5.73. The van der Waals surface area contributed by atoms with Crippen LogP contribution in [-0.2, 0) is 20.7 Å². The number of carbonyl (C=O) groups excluding carboxylic acids is 2. The van der Waals surface area contributed by atoms with Crippen molar-refractivity contribution in [3.8, 4) is 5.75 Å². The van der Waals surface area contributed by atoms with Crippen molar-refractivity contribution in [3.05, 3.63) is 29.8 Å². The number of esters is 2. The molecule has 4 nitrogen and oxygen atoms in total. The van der Waals surface area contributed by atoms with Gasteiger partial charge in [-0.1, -0.05) is 18.6 Å². The summed E-state index contributed by atoms with van der Waals surface area (Å²) in [6.07, 6.45) is 7.76. The fraction of sp³-hybridized carbons (Fsp3) is 0.600. The van der Waals surface area contributed by atoms with Crippen molar-refractivity contribution in [3.63, 3.8) is 0 Å². The first-order valence-electron chi connectivity index (χ1n) is 9.15. The molecule has 128 valence electrons. The van der Waals surface area contributed by atoms with Gasteiger partial charge < -0.3 is 9.47 Å². The molecule has 0 N–H and O–H groups in total. The maximum atomic E-state index is 12.2. The Labute approximate surface area is 142 Å². The molecule has 4 rings (SSSR count). The number of carbonyl (C=O) groups is 2. The molecule has 0 spiro atoms. The van der Waals surface area contributed by atoms with E-state index in [1.807, 2.05) is 24.3 Å². The number of hydrogen-bond acceptors (Lipinski definition) is 4. The molecule has 1 heterocycles. The highest BCUT2D eigenvalue weighted by atomic mass is 16.5. The van der Waals surface area contributed by atoms with Gasteiger partial charge in [0.2, 0.25) is 0 Å². The van der Waals surface area contributed by atoms with E-state index < -0.39 is 0 Å². The number of cyclic esters (lactones) is 1. The number of benzene rings is 1. The van der Waals surface area contributed by atoms with Gasteiger partial charge in [-0.2, -0.15) is 0 Å². The fourth-order valence-electron chi connectivity index (χ4n) is 4.70. The highest BCUT2D eigenvalue weighted by Gasteiger charge is 2.40. The number of rotatable bonds is 5. The van der Waals surface area contributed by atoms with E-state index in [1.165, 1.54) is 25.7 Å². The van der Waals surface area contributed by atoms with Crippen molar-refractivity contribution >= 4 is 11.9 Å². The van der Waals surface area contributed by atoms with Crippen LogP contribution in [0.3, 0.4) is 0 Å². The number of fused-ring (bicyclic) bond motifs is 2. The lowest BCUT2D eigenvalue weighted by molar-refractivity contribution is -0.141. The minimum Gasteiger partial charge on any atom is -0.462 e. The van der Waals surface area contributed by atoms with Crippen LogP contribution in [0.1, 0.15) is 50.5 Å². The third-order valence-electron chi connectivity index (χ3n) is 5.90. The Morgan fingerprint density at radius 3 is 2.58 bits per heavy atom. The molecule has 0 radical (unpaired) electrons. The molecule has 3 aliphatic rings. The molecule has 3 fully saturated rings. The second-order valence-corrected chi connectivity index (χ2v) is 7.61. The summed E-state index contributed by atoms with van der Waals surface area (Å²) >= 11 is 0. The first kappa shape index (κ1) is 15.7. The summed E-state index contributed by atoms with van der Waals surface area (Å²) in [6, 6.07) is 7.58. The highest BCUT2D eigenvalue weighted by Crippen LogP contribution is 2.49. The van der Waals surface area contributed by atoms with Gasteiger partial charge in [0.05, 0.1) is 0 Å². The molecular formula is C20H24O4. The Hall–Kier alpha value is -1.84. The zero-order valence-corrected chi connectivity index (χ0v) is 13.9. The molecule has 2 aliphatic carbocycles. The van der Waals surface area contributed by atoms with Crippen LogP contribution in [0.4, 0.5) is 0 Å². The number of ether oxygens (including phenoxy) is 2. The average Bonchev–Trinajstić information content (AvgIpc) is 3.26. The Morgan fingerprint density at radius 1 is 1.12 bits per heavy atom. The monoisotopic (exact) mass is 328 g/mol. The molecule has 4 atom stereocenters. The van der Waals surface area contributed by atoms with Crippen LogP contribution in [0.25, 0.3) is 0 Å². The molecule has 0 unspecified atom stereocenters. The van der Waals surface area contributed by atoms with Crippen LogP contribution < -0.4 is 4.74 Å². The van der Waals surface area contributed by atoms with Crippen molar-refractivity contribution in [1.82, 2.24) is 0 Å². The molecular weight excluding hydrogens is 304 g/mol. The van der Waals surface area contributed by atoms with Crippen molar-refractivity contribution in [2.45, 2.75) is 57.5 Å². The maximum Gasteiger partial charge on any atom is 0.311 e. The minimum absolute atomic E-state index is 0.0105. The Bertz CT molecular complexity index is 621. The fourth-order valence-corrected chi connectivity index (χ4v) is 4.70. The van der Waals surface area contributed by atoms with E-state index in [4.69, 9.17) is 9.47 Å². The van der Waals surface area contributed by atoms with Gasteiger partial charge in [0.1, 0.15) is 11.9 Å². The first-order valence-corrected chi connectivity index (χ1v) is 9.15. The van der Waals surface area contributed by atoms with E-state index in [0.29, 0.717) is 24.5 Å². The van der Waals surface area contributed by atoms with Gasteiger partial charge in [0.15, 0.2) is 0 Å². The quantitative estimate of drug-likeness (QED) is 0.611. The van der Waals surface area contributed by atoms with Gasteiger partial charge >= 0.3 is 11.9 Å². The molecule has 2 bridgehead atoms. The average molecular weight is 328 g/mol. The van der Waals surface area contributed by atoms with Gasteiger partial charge in [0, 0.05) is 19.3 Å². The van der Waals surface area contributed by atoms with E-state index in [0.717, 1.165) is 30.2 Å². The molecule has 24 heavy (non-hydrogen) atoms. The second-order valence-electron chi connectivity index (χ2n) is 7.61. The third-order valence-corrected chi connectivity index (χ3v) is 5.90. The van der Waals surface area contributed by atoms with E-state index in [2.05, 4.69) is 0 Å². The predicted octanol–water partition coefficient (Wildman–Crippen LogP) is 3.67. The van der Waals surface area contributed by atoms with Crippen molar-refractivity contribution in [1.29, 1.82) is 0 Å².